The lowest BCUT2D eigenvalue weighted by Gasteiger charge is -2.37. The van der Waals surface area contributed by atoms with Gasteiger partial charge in [0.15, 0.2) is 6.10 Å². The fraction of sp³-hybridized carbons (Fsp3) is 0.636. The maximum absolute atomic E-state index is 12.7. The largest absolute Gasteiger partial charge is 0.450 e. The molecule has 0 unspecified atom stereocenters. The fourth-order valence-electron chi connectivity index (χ4n) is 4.01. The zero-order valence-electron chi connectivity index (χ0n) is 16.4. The van der Waals surface area contributed by atoms with Crippen molar-refractivity contribution in [3.8, 4) is 0 Å². The monoisotopic (exact) mass is 344 g/mol. The van der Waals surface area contributed by atoms with Crippen molar-refractivity contribution in [1.82, 2.24) is 0 Å². The molecule has 0 heterocycles. The molecule has 2 aliphatic rings. The molecule has 0 aromatic carbocycles. The van der Waals surface area contributed by atoms with E-state index in [-0.39, 0.29) is 17.7 Å². The first-order valence-electron chi connectivity index (χ1n) is 9.54. The minimum absolute atomic E-state index is 0.0452. The van der Waals surface area contributed by atoms with Gasteiger partial charge in [0, 0.05) is 12.5 Å². The van der Waals surface area contributed by atoms with E-state index in [0.717, 1.165) is 49.7 Å². The van der Waals surface area contributed by atoms with Crippen LogP contribution in [-0.4, -0.2) is 17.9 Å². The van der Waals surface area contributed by atoms with Crippen LogP contribution in [0, 0.1) is 11.8 Å². The number of hydrogen-bond acceptors (Lipinski definition) is 3. The van der Waals surface area contributed by atoms with Crippen LogP contribution in [0.5, 0.6) is 0 Å². The van der Waals surface area contributed by atoms with Crippen LogP contribution >= 0.6 is 0 Å². The van der Waals surface area contributed by atoms with Crippen LogP contribution in [0.25, 0.3) is 0 Å². The van der Waals surface area contributed by atoms with Crippen molar-refractivity contribution >= 4 is 11.8 Å². The average molecular weight is 344 g/mol. The molecule has 0 saturated carbocycles. The van der Waals surface area contributed by atoms with Crippen molar-refractivity contribution in [2.45, 2.75) is 79.2 Å². The van der Waals surface area contributed by atoms with E-state index in [1.165, 1.54) is 18.1 Å². The molecule has 0 amide bonds. The number of carbonyl (C=O) groups is 2. The molecule has 0 N–H and O–H groups in total. The summed E-state index contributed by atoms with van der Waals surface area (Å²) in [6.45, 7) is 10.1. The summed E-state index contributed by atoms with van der Waals surface area (Å²) in [6.07, 6.45) is 9.87. The van der Waals surface area contributed by atoms with Crippen molar-refractivity contribution < 1.29 is 14.3 Å². The Morgan fingerprint density at radius 1 is 1.32 bits per heavy atom. The van der Waals surface area contributed by atoms with E-state index in [1.807, 2.05) is 0 Å². The summed E-state index contributed by atoms with van der Waals surface area (Å²) in [5.41, 5.74) is 4.79. The summed E-state index contributed by atoms with van der Waals surface area (Å²) in [5, 5.41) is 0. The lowest BCUT2D eigenvalue weighted by atomic mass is 9.69. The maximum atomic E-state index is 12.7. The molecule has 3 atom stereocenters. The smallest absolute Gasteiger partial charge is 0.303 e. The molecular weight excluding hydrogens is 312 g/mol. The highest BCUT2D eigenvalue weighted by molar-refractivity contribution is 6.10. The Labute approximate surface area is 152 Å². The summed E-state index contributed by atoms with van der Waals surface area (Å²) in [5.74, 6) is 0.406. The third-order valence-electron chi connectivity index (χ3n) is 5.44. The van der Waals surface area contributed by atoms with E-state index in [4.69, 9.17) is 4.74 Å². The van der Waals surface area contributed by atoms with Gasteiger partial charge in [-0.3, -0.25) is 9.59 Å². The minimum atomic E-state index is -0.619. The molecule has 3 nitrogen and oxygen atoms in total. The quantitative estimate of drug-likeness (QED) is 0.501. The number of Topliss-reactive ketones (excluding diaryl/α,β-unsaturated/α-hetero) is 1. The number of carbonyl (C=O) groups excluding carboxylic acids is 2. The van der Waals surface area contributed by atoms with Crippen LogP contribution in [0.2, 0.25) is 0 Å². The molecule has 2 rings (SSSR count). The molecule has 0 radical (unpaired) electrons. The number of allylic oxidation sites excluding steroid dienone is 4. The van der Waals surface area contributed by atoms with Gasteiger partial charge in [0.05, 0.1) is 0 Å². The predicted octanol–water partition coefficient (Wildman–Crippen LogP) is 5.32. The Morgan fingerprint density at radius 3 is 2.68 bits per heavy atom. The lowest BCUT2D eigenvalue weighted by Crippen LogP contribution is -2.43. The summed E-state index contributed by atoms with van der Waals surface area (Å²) >= 11 is 0. The molecule has 0 aliphatic heterocycles. The second-order valence-electron chi connectivity index (χ2n) is 7.86. The third-order valence-corrected chi connectivity index (χ3v) is 5.44. The first-order valence-corrected chi connectivity index (χ1v) is 9.54. The Bertz CT molecular complexity index is 617. The third kappa shape index (κ3) is 4.93. The van der Waals surface area contributed by atoms with Gasteiger partial charge in [-0.2, -0.15) is 0 Å². The van der Waals surface area contributed by atoms with E-state index < -0.39 is 6.10 Å². The maximum Gasteiger partial charge on any atom is 0.303 e. The average Bonchev–Trinajstić information content (AvgIpc) is 2.60. The Kier molecular flexibility index (Phi) is 6.80. The van der Waals surface area contributed by atoms with Crippen LogP contribution in [0.4, 0.5) is 0 Å². The van der Waals surface area contributed by atoms with Crippen LogP contribution in [-0.2, 0) is 14.3 Å². The molecule has 0 aromatic rings. The van der Waals surface area contributed by atoms with Crippen molar-refractivity contribution in [2.75, 3.05) is 0 Å². The second-order valence-corrected chi connectivity index (χ2v) is 7.86. The molecule has 25 heavy (non-hydrogen) atoms. The molecule has 0 saturated heterocycles. The van der Waals surface area contributed by atoms with Crippen LogP contribution in [0.1, 0.15) is 73.1 Å². The number of hydrogen-bond donors (Lipinski definition) is 0. The van der Waals surface area contributed by atoms with Crippen molar-refractivity contribution in [3.63, 3.8) is 0 Å². The topological polar surface area (TPSA) is 43.4 Å². The Balaban J connectivity index is 2.23. The highest BCUT2D eigenvalue weighted by Gasteiger charge is 2.45. The van der Waals surface area contributed by atoms with E-state index in [2.05, 4.69) is 39.8 Å². The molecule has 138 valence electrons. The van der Waals surface area contributed by atoms with Gasteiger partial charge in [-0.1, -0.05) is 30.2 Å². The Hall–Kier alpha value is -1.64. The van der Waals surface area contributed by atoms with Gasteiger partial charge in [-0.05, 0) is 76.7 Å². The fourth-order valence-corrected chi connectivity index (χ4v) is 4.01. The van der Waals surface area contributed by atoms with Crippen LogP contribution in [0.3, 0.4) is 0 Å². The molecule has 0 bridgehead atoms. The number of ketones is 1. The van der Waals surface area contributed by atoms with Gasteiger partial charge >= 0.3 is 5.97 Å². The zero-order valence-corrected chi connectivity index (χ0v) is 16.4. The van der Waals surface area contributed by atoms with Crippen molar-refractivity contribution in [3.05, 3.63) is 34.4 Å². The number of rotatable bonds is 5. The van der Waals surface area contributed by atoms with Crippen LogP contribution in [0.15, 0.2) is 34.4 Å². The highest BCUT2D eigenvalue weighted by atomic mass is 16.5. The SMILES string of the molecule is CC(=O)O[C@H]1C(=O)C2=C1CC/C=C(\C)CC[C@H]2[C@H](C)CCC=C(C)C. The second kappa shape index (κ2) is 8.64. The van der Waals surface area contributed by atoms with Gasteiger partial charge in [0.25, 0.3) is 0 Å². The Morgan fingerprint density at radius 2 is 2.04 bits per heavy atom. The van der Waals surface area contributed by atoms with Gasteiger partial charge < -0.3 is 4.74 Å². The van der Waals surface area contributed by atoms with E-state index in [9.17, 15) is 9.59 Å². The highest BCUT2D eigenvalue weighted by Crippen LogP contribution is 2.43. The van der Waals surface area contributed by atoms with Gasteiger partial charge in [0.1, 0.15) is 0 Å². The molecule has 3 heteroatoms. The molecule has 0 fully saturated rings. The number of ether oxygens (including phenoxy) is 1. The van der Waals surface area contributed by atoms with Crippen molar-refractivity contribution in [2.24, 2.45) is 11.8 Å². The van der Waals surface area contributed by atoms with Gasteiger partial charge in [-0.25, -0.2) is 0 Å². The standard InChI is InChI=1S/C22H32O3/c1-14(2)8-6-10-16(4)18-13-12-15(3)9-7-11-19-20(18)21(24)22(19)25-17(5)23/h8-9,16,18,22H,6-7,10-13H2,1-5H3/b15-9+/t16-,18+,22-/m1/s1. The lowest BCUT2D eigenvalue weighted by molar-refractivity contribution is -0.152. The van der Waals surface area contributed by atoms with Gasteiger partial charge in [0.2, 0.25) is 5.78 Å². The van der Waals surface area contributed by atoms with Gasteiger partial charge in [-0.15, -0.1) is 0 Å². The zero-order chi connectivity index (χ0) is 18.6. The summed E-state index contributed by atoms with van der Waals surface area (Å²) in [7, 11) is 0. The predicted molar refractivity (Wildman–Crippen MR) is 101 cm³/mol. The first-order chi connectivity index (χ1) is 11.8. The van der Waals surface area contributed by atoms with E-state index in [0.29, 0.717) is 5.92 Å². The first kappa shape index (κ1) is 19.7. The normalized spacial score (nSPS) is 26.9. The van der Waals surface area contributed by atoms with E-state index in [1.54, 1.807) is 0 Å². The van der Waals surface area contributed by atoms with Crippen LogP contribution < -0.4 is 0 Å². The number of esters is 1. The van der Waals surface area contributed by atoms with E-state index >= 15 is 0 Å². The molecule has 0 aromatic heterocycles. The summed E-state index contributed by atoms with van der Waals surface area (Å²) < 4.78 is 5.30. The van der Waals surface area contributed by atoms with Crippen molar-refractivity contribution in [1.29, 1.82) is 0 Å². The summed E-state index contributed by atoms with van der Waals surface area (Å²) in [6, 6.07) is 0. The minimum Gasteiger partial charge on any atom is -0.450 e. The molecule has 0 spiro atoms. The molecule has 2 aliphatic carbocycles. The summed E-state index contributed by atoms with van der Waals surface area (Å²) in [4.78, 5) is 24.1. The molecular formula is C22H32O3.